The predicted octanol–water partition coefficient (Wildman–Crippen LogP) is 3.76. The Bertz CT molecular complexity index is 736. The molecule has 3 nitrogen and oxygen atoms in total. The fourth-order valence-electron chi connectivity index (χ4n) is 1.98. The zero-order chi connectivity index (χ0) is 13.9. The smallest absolute Gasteiger partial charge is 0.197 e. The Labute approximate surface area is 121 Å². The predicted molar refractivity (Wildman–Crippen MR) is 78.4 cm³/mol. The van der Waals surface area contributed by atoms with Crippen LogP contribution in [-0.4, -0.2) is 15.6 Å². The van der Waals surface area contributed by atoms with Gasteiger partial charge in [-0.3, -0.25) is 4.79 Å². The molecule has 0 fully saturated rings. The lowest BCUT2D eigenvalue weighted by molar-refractivity contribution is 0.103. The molecule has 0 N–H and O–H groups in total. The van der Waals surface area contributed by atoms with Gasteiger partial charge >= 0.3 is 0 Å². The van der Waals surface area contributed by atoms with Crippen molar-refractivity contribution >= 4 is 17.4 Å². The quantitative estimate of drug-likeness (QED) is 0.686. The van der Waals surface area contributed by atoms with E-state index in [2.05, 4.69) is 5.10 Å². The second kappa shape index (κ2) is 5.31. The van der Waals surface area contributed by atoms with E-state index in [9.17, 15) is 4.79 Å². The molecule has 0 unspecified atom stereocenters. The minimum atomic E-state index is -0.127. The summed E-state index contributed by atoms with van der Waals surface area (Å²) in [5, 5.41) is 4.52. The molecule has 0 atom stereocenters. The fraction of sp³-hybridized carbons (Fsp3) is 0. The molecule has 0 radical (unpaired) electrons. The number of carbonyl (C=O) groups excluding carboxylic acids is 1. The van der Waals surface area contributed by atoms with E-state index in [1.807, 2.05) is 48.5 Å². The van der Waals surface area contributed by atoms with Gasteiger partial charge in [-0.05, 0) is 12.1 Å². The molecule has 0 bridgehead atoms. The summed E-state index contributed by atoms with van der Waals surface area (Å²) in [7, 11) is 0. The number of ketones is 1. The first-order valence-electron chi connectivity index (χ1n) is 6.16. The van der Waals surface area contributed by atoms with Gasteiger partial charge in [0.2, 0.25) is 0 Å². The third-order valence-electron chi connectivity index (χ3n) is 2.99. The summed E-state index contributed by atoms with van der Waals surface area (Å²) in [5.74, 6) is -0.127. The van der Waals surface area contributed by atoms with Gasteiger partial charge in [-0.15, -0.1) is 0 Å². The van der Waals surface area contributed by atoms with Crippen LogP contribution in [0.3, 0.4) is 0 Å². The van der Waals surface area contributed by atoms with Crippen molar-refractivity contribution in [3.63, 3.8) is 0 Å². The Kier molecular flexibility index (Phi) is 3.35. The van der Waals surface area contributed by atoms with Crippen molar-refractivity contribution in [2.45, 2.75) is 0 Å². The number of para-hydroxylation sites is 1. The van der Waals surface area contributed by atoms with Crippen LogP contribution < -0.4 is 0 Å². The molecule has 2 aromatic carbocycles. The lowest BCUT2D eigenvalue weighted by Gasteiger charge is -2.03. The van der Waals surface area contributed by atoms with Crippen molar-refractivity contribution in [2.75, 3.05) is 0 Å². The van der Waals surface area contributed by atoms with Crippen molar-refractivity contribution in [1.82, 2.24) is 9.78 Å². The number of hydrogen-bond acceptors (Lipinski definition) is 2. The van der Waals surface area contributed by atoms with E-state index >= 15 is 0 Å². The number of halogens is 1. The molecule has 0 amide bonds. The molecule has 4 heteroatoms. The van der Waals surface area contributed by atoms with Crippen LogP contribution in [0.15, 0.2) is 66.9 Å². The Morgan fingerprint density at radius 2 is 1.55 bits per heavy atom. The number of hydrogen-bond donors (Lipinski definition) is 0. The monoisotopic (exact) mass is 282 g/mol. The van der Waals surface area contributed by atoms with Gasteiger partial charge < -0.3 is 0 Å². The zero-order valence-corrected chi connectivity index (χ0v) is 11.3. The van der Waals surface area contributed by atoms with Gasteiger partial charge in [0.05, 0.1) is 17.4 Å². The fourth-order valence-corrected chi connectivity index (χ4v) is 2.26. The summed E-state index contributed by atoms with van der Waals surface area (Å²) < 4.78 is 1.55. The number of benzene rings is 2. The van der Waals surface area contributed by atoms with Crippen molar-refractivity contribution in [3.8, 4) is 5.69 Å². The highest BCUT2D eigenvalue weighted by molar-refractivity contribution is 6.34. The molecule has 3 aromatic rings. The van der Waals surface area contributed by atoms with E-state index in [0.29, 0.717) is 16.3 Å². The van der Waals surface area contributed by atoms with Gasteiger partial charge in [0, 0.05) is 5.56 Å². The normalized spacial score (nSPS) is 10.4. The minimum Gasteiger partial charge on any atom is -0.288 e. The maximum atomic E-state index is 12.4. The molecular weight excluding hydrogens is 272 g/mol. The third kappa shape index (κ3) is 2.24. The Morgan fingerprint density at radius 3 is 2.20 bits per heavy atom. The van der Waals surface area contributed by atoms with E-state index in [1.54, 1.807) is 16.8 Å². The second-order valence-electron chi connectivity index (χ2n) is 4.29. The van der Waals surface area contributed by atoms with Crippen LogP contribution in [0.2, 0.25) is 5.15 Å². The molecule has 0 spiro atoms. The van der Waals surface area contributed by atoms with Crippen LogP contribution in [0.5, 0.6) is 0 Å². The highest BCUT2D eigenvalue weighted by atomic mass is 35.5. The largest absolute Gasteiger partial charge is 0.288 e. The van der Waals surface area contributed by atoms with Crippen LogP contribution in [0.1, 0.15) is 15.9 Å². The average molecular weight is 283 g/mol. The Balaban J connectivity index is 2.01. The number of aromatic nitrogens is 2. The van der Waals surface area contributed by atoms with Crippen molar-refractivity contribution in [1.29, 1.82) is 0 Å². The van der Waals surface area contributed by atoms with Gasteiger partial charge in [0.25, 0.3) is 0 Å². The molecular formula is C16H11ClN2O. The first-order chi connectivity index (χ1) is 9.77. The SMILES string of the molecule is O=C(c1ccccc1)c1cnn(-c2ccccc2)c1Cl. The number of carbonyl (C=O) groups is 1. The maximum absolute atomic E-state index is 12.4. The van der Waals surface area contributed by atoms with Crippen LogP contribution in [0, 0.1) is 0 Å². The summed E-state index contributed by atoms with van der Waals surface area (Å²) >= 11 is 6.28. The Morgan fingerprint density at radius 1 is 0.950 bits per heavy atom. The van der Waals surface area contributed by atoms with E-state index in [0.717, 1.165) is 5.69 Å². The molecule has 98 valence electrons. The maximum Gasteiger partial charge on any atom is 0.197 e. The van der Waals surface area contributed by atoms with E-state index < -0.39 is 0 Å². The van der Waals surface area contributed by atoms with Crippen LogP contribution in [0.4, 0.5) is 0 Å². The van der Waals surface area contributed by atoms with Crippen LogP contribution >= 0.6 is 11.6 Å². The highest BCUT2D eigenvalue weighted by Crippen LogP contribution is 2.22. The zero-order valence-electron chi connectivity index (χ0n) is 10.5. The molecule has 0 saturated heterocycles. The molecule has 1 heterocycles. The summed E-state index contributed by atoms with van der Waals surface area (Å²) in [6.45, 7) is 0. The molecule has 20 heavy (non-hydrogen) atoms. The minimum absolute atomic E-state index is 0.127. The highest BCUT2D eigenvalue weighted by Gasteiger charge is 2.17. The van der Waals surface area contributed by atoms with Gasteiger partial charge in [-0.25, -0.2) is 4.68 Å². The van der Waals surface area contributed by atoms with Crippen molar-refractivity contribution in [3.05, 3.63) is 83.1 Å². The first-order valence-corrected chi connectivity index (χ1v) is 6.54. The van der Waals surface area contributed by atoms with E-state index in [4.69, 9.17) is 11.6 Å². The van der Waals surface area contributed by atoms with Gasteiger partial charge in [0.1, 0.15) is 5.15 Å². The second-order valence-corrected chi connectivity index (χ2v) is 4.65. The topological polar surface area (TPSA) is 34.9 Å². The standard InChI is InChI=1S/C16H11ClN2O/c17-16-14(15(20)12-7-3-1-4-8-12)11-18-19(16)13-9-5-2-6-10-13/h1-11H. The number of rotatable bonds is 3. The third-order valence-corrected chi connectivity index (χ3v) is 3.36. The lowest BCUT2D eigenvalue weighted by Crippen LogP contribution is -2.01. The molecule has 0 saturated carbocycles. The van der Waals surface area contributed by atoms with Gasteiger partial charge in [0.15, 0.2) is 5.78 Å². The number of nitrogens with zero attached hydrogens (tertiary/aromatic N) is 2. The van der Waals surface area contributed by atoms with E-state index in [1.165, 1.54) is 6.20 Å². The van der Waals surface area contributed by atoms with Crippen molar-refractivity contribution in [2.24, 2.45) is 0 Å². The summed E-state index contributed by atoms with van der Waals surface area (Å²) in [6.07, 6.45) is 1.50. The summed E-state index contributed by atoms with van der Waals surface area (Å²) in [6, 6.07) is 18.5. The molecule has 1 aromatic heterocycles. The first kappa shape index (κ1) is 12.6. The Hall–Kier alpha value is -2.39. The van der Waals surface area contributed by atoms with Gasteiger partial charge in [-0.2, -0.15) is 5.10 Å². The van der Waals surface area contributed by atoms with Crippen LogP contribution in [-0.2, 0) is 0 Å². The average Bonchev–Trinajstić information content (AvgIpc) is 2.90. The molecule has 0 aliphatic heterocycles. The van der Waals surface area contributed by atoms with Crippen LogP contribution in [0.25, 0.3) is 5.69 Å². The lowest BCUT2D eigenvalue weighted by atomic mass is 10.1. The molecule has 0 aliphatic carbocycles. The summed E-state index contributed by atoms with van der Waals surface area (Å²) in [4.78, 5) is 12.4. The molecule has 3 rings (SSSR count). The van der Waals surface area contributed by atoms with Gasteiger partial charge in [-0.1, -0.05) is 60.1 Å². The van der Waals surface area contributed by atoms with E-state index in [-0.39, 0.29) is 5.78 Å². The summed E-state index contributed by atoms with van der Waals surface area (Å²) in [5.41, 5.74) is 1.83. The van der Waals surface area contributed by atoms with Crippen molar-refractivity contribution < 1.29 is 4.79 Å². The molecule has 0 aliphatic rings.